The zero-order valence-corrected chi connectivity index (χ0v) is 8.96. The third kappa shape index (κ3) is 2.48. The van der Waals surface area contributed by atoms with Crippen molar-refractivity contribution in [2.75, 3.05) is 0 Å². The summed E-state index contributed by atoms with van der Waals surface area (Å²) in [4.78, 5) is 15.0. The lowest BCUT2D eigenvalue weighted by molar-refractivity contribution is -0.117. The molecule has 1 aromatic heterocycles. The van der Waals surface area contributed by atoms with Crippen LogP contribution >= 0.6 is 0 Å². The summed E-state index contributed by atoms with van der Waals surface area (Å²) in [5.41, 5.74) is 0. The monoisotopic (exact) mass is 216 g/mol. The minimum Gasteiger partial charge on any atom is -0.439 e. The van der Waals surface area contributed by atoms with E-state index in [1.807, 2.05) is 30.3 Å². The van der Waals surface area contributed by atoms with Crippen LogP contribution < -0.4 is 4.74 Å². The van der Waals surface area contributed by atoms with Crippen molar-refractivity contribution in [3.63, 3.8) is 0 Å². The molecule has 0 bridgehead atoms. The van der Waals surface area contributed by atoms with E-state index in [0.29, 0.717) is 5.88 Å². The van der Waals surface area contributed by atoms with Crippen molar-refractivity contribution in [2.24, 2.45) is 0 Å². The molecule has 1 aromatic carbocycles. The Labute approximate surface area is 93.5 Å². The van der Waals surface area contributed by atoms with E-state index >= 15 is 0 Å². The minimum atomic E-state index is 0.0657. The molecule has 2 rings (SSSR count). The van der Waals surface area contributed by atoms with Crippen molar-refractivity contribution < 1.29 is 9.53 Å². The SMILES string of the molecule is CC(=O)Cn1cncc1Oc1ccccc1. The molecule has 16 heavy (non-hydrogen) atoms. The summed E-state index contributed by atoms with van der Waals surface area (Å²) < 4.78 is 7.27. The van der Waals surface area contributed by atoms with Gasteiger partial charge in [0.1, 0.15) is 11.5 Å². The number of imidazole rings is 1. The number of ketones is 1. The molecule has 2 aromatic rings. The van der Waals surface area contributed by atoms with Crippen LogP contribution in [-0.2, 0) is 11.3 Å². The maximum atomic E-state index is 11.0. The molecular weight excluding hydrogens is 204 g/mol. The Morgan fingerprint density at radius 3 is 2.81 bits per heavy atom. The highest BCUT2D eigenvalue weighted by molar-refractivity contribution is 5.75. The molecule has 0 atom stereocenters. The first-order valence-electron chi connectivity index (χ1n) is 4.98. The normalized spacial score (nSPS) is 10.1. The Balaban J connectivity index is 2.16. The number of hydrogen-bond donors (Lipinski definition) is 0. The van der Waals surface area contributed by atoms with Gasteiger partial charge in [0.25, 0.3) is 0 Å². The number of carbonyl (C=O) groups is 1. The maximum absolute atomic E-state index is 11.0. The van der Waals surface area contributed by atoms with Crippen molar-refractivity contribution in [3.8, 4) is 11.6 Å². The second-order valence-corrected chi connectivity index (χ2v) is 3.48. The van der Waals surface area contributed by atoms with Crippen LogP contribution in [0.25, 0.3) is 0 Å². The van der Waals surface area contributed by atoms with E-state index in [2.05, 4.69) is 4.98 Å². The lowest BCUT2D eigenvalue weighted by Gasteiger charge is -2.07. The maximum Gasteiger partial charge on any atom is 0.220 e. The summed E-state index contributed by atoms with van der Waals surface area (Å²) >= 11 is 0. The highest BCUT2D eigenvalue weighted by Crippen LogP contribution is 2.20. The molecular formula is C12H12N2O2. The smallest absolute Gasteiger partial charge is 0.220 e. The number of nitrogens with zero attached hydrogens (tertiary/aromatic N) is 2. The van der Waals surface area contributed by atoms with Crippen molar-refractivity contribution in [1.29, 1.82) is 0 Å². The van der Waals surface area contributed by atoms with Gasteiger partial charge in [0.2, 0.25) is 5.88 Å². The van der Waals surface area contributed by atoms with E-state index in [9.17, 15) is 4.79 Å². The minimum absolute atomic E-state index is 0.0657. The van der Waals surface area contributed by atoms with Gasteiger partial charge in [-0.2, -0.15) is 0 Å². The number of hydrogen-bond acceptors (Lipinski definition) is 3. The molecule has 82 valence electrons. The molecule has 0 aliphatic rings. The molecule has 0 aliphatic carbocycles. The van der Waals surface area contributed by atoms with Gasteiger partial charge in [-0.05, 0) is 19.1 Å². The fraction of sp³-hybridized carbons (Fsp3) is 0.167. The lowest BCUT2D eigenvalue weighted by atomic mass is 10.3. The van der Waals surface area contributed by atoms with Crippen LogP contribution in [0.3, 0.4) is 0 Å². The van der Waals surface area contributed by atoms with Gasteiger partial charge in [-0.3, -0.25) is 9.36 Å². The molecule has 0 aliphatic heterocycles. The van der Waals surface area contributed by atoms with Crippen LogP contribution in [0.4, 0.5) is 0 Å². The van der Waals surface area contributed by atoms with Gasteiger partial charge in [-0.15, -0.1) is 0 Å². The van der Waals surface area contributed by atoms with Crippen LogP contribution in [0, 0.1) is 0 Å². The molecule has 0 spiro atoms. The largest absolute Gasteiger partial charge is 0.439 e. The topological polar surface area (TPSA) is 44.1 Å². The summed E-state index contributed by atoms with van der Waals surface area (Å²) in [7, 11) is 0. The molecule has 0 radical (unpaired) electrons. The highest BCUT2D eigenvalue weighted by atomic mass is 16.5. The van der Waals surface area contributed by atoms with Crippen LogP contribution in [0.5, 0.6) is 11.6 Å². The molecule has 0 fully saturated rings. The molecule has 0 amide bonds. The van der Waals surface area contributed by atoms with Crippen molar-refractivity contribution >= 4 is 5.78 Å². The zero-order valence-electron chi connectivity index (χ0n) is 8.96. The molecule has 4 nitrogen and oxygen atoms in total. The highest BCUT2D eigenvalue weighted by Gasteiger charge is 2.05. The van der Waals surface area contributed by atoms with Gasteiger partial charge < -0.3 is 4.74 Å². The summed E-state index contributed by atoms with van der Waals surface area (Å²) in [5.74, 6) is 1.37. The molecule has 0 N–H and O–H groups in total. The first-order valence-corrected chi connectivity index (χ1v) is 4.98. The van der Waals surface area contributed by atoms with Gasteiger partial charge in [-0.1, -0.05) is 18.2 Å². The Morgan fingerprint density at radius 2 is 2.12 bits per heavy atom. The van der Waals surface area contributed by atoms with E-state index in [0.717, 1.165) is 5.75 Å². The number of aromatic nitrogens is 2. The average molecular weight is 216 g/mol. The quantitative estimate of drug-likeness (QED) is 0.787. The predicted octanol–water partition coefficient (Wildman–Crippen LogP) is 2.26. The Morgan fingerprint density at radius 1 is 1.38 bits per heavy atom. The van der Waals surface area contributed by atoms with Crippen LogP contribution in [0.2, 0.25) is 0 Å². The third-order valence-electron chi connectivity index (χ3n) is 2.03. The van der Waals surface area contributed by atoms with E-state index in [1.54, 1.807) is 17.1 Å². The van der Waals surface area contributed by atoms with E-state index in [-0.39, 0.29) is 12.3 Å². The van der Waals surface area contributed by atoms with Gasteiger partial charge >= 0.3 is 0 Å². The summed E-state index contributed by atoms with van der Waals surface area (Å²) in [6.07, 6.45) is 3.18. The van der Waals surface area contributed by atoms with Gasteiger partial charge in [0.05, 0.1) is 19.1 Å². The van der Waals surface area contributed by atoms with Gasteiger partial charge in [0, 0.05) is 0 Å². The Kier molecular flexibility index (Phi) is 3.00. The first-order chi connectivity index (χ1) is 7.75. The van der Waals surface area contributed by atoms with Crippen LogP contribution in [0.15, 0.2) is 42.9 Å². The molecule has 0 saturated carbocycles. The lowest BCUT2D eigenvalue weighted by Crippen LogP contribution is -2.06. The second kappa shape index (κ2) is 4.61. The Bertz CT molecular complexity index is 477. The number of ether oxygens (including phenoxy) is 1. The van der Waals surface area contributed by atoms with Gasteiger partial charge in [-0.25, -0.2) is 4.98 Å². The van der Waals surface area contributed by atoms with Crippen molar-refractivity contribution in [3.05, 3.63) is 42.9 Å². The summed E-state index contributed by atoms with van der Waals surface area (Å²) in [6.45, 7) is 1.81. The summed E-state index contributed by atoms with van der Waals surface area (Å²) in [6, 6.07) is 9.40. The van der Waals surface area contributed by atoms with Gasteiger partial charge in [0.15, 0.2) is 0 Å². The fourth-order valence-corrected chi connectivity index (χ4v) is 1.36. The molecule has 1 heterocycles. The predicted molar refractivity (Wildman–Crippen MR) is 59.4 cm³/mol. The molecule has 4 heteroatoms. The number of Topliss-reactive ketones (excluding diaryl/α,β-unsaturated/α-hetero) is 1. The van der Waals surface area contributed by atoms with Crippen molar-refractivity contribution in [2.45, 2.75) is 13.5 Å². The van der Waals surface area contributed by atoms with E-state index in [4.69, 9.17) is 4.74 Å². The standard InChI is InChI=1S/C12H12N2O2/c1-10(15)8-14-9-13-7-12(14)16-11-5-3-2-4-6-11/h2-7,9H,8H2,1H3. The number of benzene rings is 1. The summed E-state index contributed by atoms with van der Waals surface area (Å²) in [5, 5.41) is 0. The van der Waals surface area contributed by atoms with Crippen molar-refractivity contribution in [1.82, 2.24) is 9.55 Å². The van der Waals surface area contributed by atoms with E-state index < -0.39 is 0 Å². The number of para-hydroxylation sites is 1. The second-order valence-electron chi connectivity index (χ2n) is 3.48. The number of carbonyl (C=O) groups excluding carboxylic acids is 1. The van der Waals surface area contributed by atoms with Crippen LogP contribution in [-0.4, -0.2) is 15.3 Å². The fourth-order valence-electron chi connectivity index (χ4n) is 1.36. The average Bonchev–Trinajstić information content (AvgIpc) is 2.66. The van der Waals surface area contributed by atoms with E-state index in [1.165, 1.54) is 6.92 Å². The molecule has 0 unspecified atom stereocenters. The molecule has 0 saturated heterocycles. The number of rotatable bonds is 4. The first kappa shape index (κ1) is 10.4. The third-order valence-corrected chi connectivity index (χ3v) is 2.03. The zero-order chi connectivity index (χ0) is 11.4. The Hall–Kier alpha value is -2.10. The van der Waals surface area contributed by atoms with Crippen LogP contribution in [0.1, 0.15) is 6.92 Å².